The molecule has 5 nitrogen and oxygen atoms in total. The molecule has 2 aliphatic rings. The van der Waals surface area contributed by atoms with Crippen LogP contribution in [-0.2, 0) is 10.0 Å². The van der Waals surface area contributed by atoms with Gasteiger partial charge in [0.2, 0.25) is 10.0 Å². The van der Waals surface area contributed by atoms with Crippen LogP contribution in [0.2, 0.25) is 0 Å². The third-order valence-electron chi connectivity index (χ3n) is 5.45. The number of hydrogen-bond acceptors (Lipinski definition) is 4. The van der Waals surface area contributed by atoms with Crippen molar-refractivity contribution in [3.8, 4) is 0 Å². The maximum atomic E-state index is 13.3. The predicted molar refractivity (Wildman–Crippen MR) is 103 cm³/mol. The fourth-order valence-corrected chi connectivity index (χ4v) is 5.73. The number of hydrogen-bond donors (Lipinski definition) is 0. The largest absolute Gasteiger partial charge is 0.296 e. The first-order chi connectivity index (χ1) is 12.7. The van der Waals surface area contributed by atoms with Crippen molar-refractivity contribution in [3.05, 3.63) is 48.8 Å². The SMILES string of the molecule is O=S(=O)(c1cccc2cnccc12)N1CCCN(C2C=CCCC2)CC1. The zero-order chi connectivity index (χ0) is 18.0. The van der Waals surface area contributed by atoms with Crippen molar-refractivity contribution in [2.75, 3.05) is 26.2 Å². The van der Waals surface area contributed by atoms with Gasteiger partial charge < -0.3 is 0 Å². The highest BCUT2D eigenvalue weighted by Crippen LogP contribution is 2.26. The molecule has 0 amide bonds. The van der Waals surface area contributed by atoms with Crippen molar-refractivity contribution in [2.45, 2.75) is 36.6 Å². The van der Waals surface area contributed by atoms with Gasteiger partial charge in [-0.25, -0.2) is 8.42 Å². The summed E-state index contributed by atoms with van der Waals surface area (Å²) in [6.07, 6.45) is 12.4. The zero-order valence-corrected chi connectivity index (χ0v) is 15.7. The summed E-state index contributed by atoms with van der Waals surface area (Å²) in [5.41, 5.74) is 0. The van der Waals surface area contributed by atoms with Gasteiger partial charge in [-0.15, -0.1) is 0 Å². The molecular formula is C20H25N3O2S. The number of pyridine rings is 1. The predicted octanol–water partition coefficient (Wildman–Crippen LogP) is 3.04. The van der Waals surface area contributed by atoms with E-state index in [2.05, 4.69) is 22.0 Å². The lowest BCUT2D eigenvalue weighted by molar-refractivity contribution is 0.224. The van der Waals surface area contributed by atoms with Crippen molar-refractivity contribution < 1.29 is 8.42 Å². The number of rotatable bonds is 3. The third-order valence-corrected chi connectivity index (χ3v) is 7.40. The van der Waals surface area contributed by atoms with E-state index in [1.807, 2.05) is 6.07 Å². The molecule has 2 heterocycles. The quantitative estimate of drug-likeness (QED) is 0.778. The number of benzene rings is 1. The lowest BCUT2D eigenvalue weighted by atomic mass is 10.0. The smallest absolute Gasteiger partial charge is 0.243 e. The third kappa shape index (κ3) is 3.41. The molecule has 0 spiro atoms. The second kappa shape index (κ2) is 7.47. The van der Waals surface area contributed by atoms with Crippen LogP contribution in [0.1, 0.15) is 25.7 Å². The Morgan fingerprint density at radius 1 is 1.04 bits per heavy atom. The molecule has 0 radical (unpaired) electrons. The lowest BCUT2D eigenvalue weighted by Gasteiger charge is -2.30. The van der Waals surface area contributed by atoms with E-state index in [1.54, 1.807) is 34.9 Å². The van der Waals surface area contributed by atoms with Crippen LogP contribution in [0.5, 0.6) is 0 Å². The molecule has 0 N–H and O–H groups in total. The molecule has 0 bridgehead atoms. The van der Waals surface area contributed by atoms with E-state index < -0.39 is 10.0 Å². The number of nitrogens with zero attached hydrogens (tertiary/aromatic N) is 3. The number of aromatic nitrogens is 1. The maximum absolute atomic E-state index is 13.3. The normalized spacial score (nSPS) is 23.2. The van der Waals surface area contributed by atoms with Gasteiger partial charge in [-0.2, -0.15) is 4.31 Å². The molecule has 1 unspecified atom stereocenters. The fraction of sp³-hybridized carbons (Fsp3) is 0.450. The molecule has 2 aromatic rings. The van der Waals surface area contributed by atoms with E-state index in [0.29, 0.717) is 24.0 Å². The van der Waals surface area contributed by atoms with Gasteiger partial charge in [0.1, 0.15) is 0 Å². The van der Waals surface area contributed by atoms with Crippen LogP contribution in [0.4, 0.5) is 0 Å². The fourth-order valence-electron chi connectivity index (χ4n) is 4.04. The Balaban J connectivity index is 1.58. The second-order valence-corrected chi connectivity index (χ2v) is 8.98. The molecule has 1 fully saturated rings. The minimum absolute atomic E-state index is 0.392. The van der Waals surface area contributed by atoms with Crippen LogP contribution in [-0.4, -0.2) is 54.8 Å². The molecule has 26 heavy (non-hydrogen) atoms. The minimum atomic E-state index is -3.51. The van der Waals surface area contributed by atoms with Gasteiger partial charge in [-0.05, 0) is 37.8 Å². The molecule has 1 aliphatic carbocycles. The van der Waals surface area contributed by atoms with Crippen molar-refractivity contribution in [1.82, 2.24) is 14.2 Å². The molecule has 1 aromatic carbocycles. The van der Waals surface area contributed by atoms with Gasteiger partial charge in [0.25, 0.3) is 0 Å². The van der Waals surface area contributed by atoms with Crippen LogP contribution in [0, 0.1) is 0 Å². The van der Waals surface area contributed by atoms with E-state index in [-0.39, 0.29) is 0 Å². The summed E-state index contributed by atoms with van der Waals surface area (Å²) in [6.45, 7) is 2.88. The standard InChI is InChI=1S/C20H25N3O2S/c24-26(25,20-9-4-6-17-16-21-11-10-19(17)20)23-13-5-12-22(14-15-23)18-7-2-1-3-8-18/h2,4,6-7,9-11,16,18H,1,3,5,8,12-15H2. The van der Waals surface area contributed by atoms with Crippen molar-refractivity contribution in [2.24, 2.45) is 0 Å². The van der Waals surface area contributed by atoms with Crippen molar-refractivity contribution in [3.63, 3.8) is 0 Å². The summed E-state index contributed by atoms with van der Waals surface area (Å²) in [4.78, 5) is 6.94. The number of sulfonamides is 1. The highest BCUT2D eigenvalue weighted by atomic mass is 32.2. The Morgan fingerprint density at radius 3 is 2.81 bits per heavy atom. The zero-order valence-electron chi connectivity index (χ0n) is 14.9. The molecule has 1 saturated heterocycles. The number of allylic oxidation sites excluding steroid dienone is 1. The first-order valence-electron chi connectivity index (χ1n) is 9.40. The van der Waals surface area contributed by atoms with Gasteiger partial charge in [-0.1, -0.05) is 24.3 Å². The van der Waals surface area contributed by atoms with Crippen LogP contribution in [0.3, 0.4) is 0 Å². The van der Waals surface area contributed by atoms with E-state index in [9.17, 15) is 8.42 Å². The van der Waals surface area contributed by atoms with E-state index in [1.165, 1.54) is 19.3 Å². The summed E-state index contributed by atoms with van der Waals surface area (Å²) in [6, 6.07) is 7.67. The average Bonchev–Trinajstić information content (AvgIpc) is 2.95. The average molecular weight is 372 g/mol. The van der Waals surface area contributed by atoms with Crippen molar-refractivity contribution >= 4 is 20.8 Å². The molecule has 138 valence electrons. The minimum Gasteiger partial charge on any atom is -0.296 e. The highest BCUT2D eigenvalue weighted by molar-refractivity contribution is 7.89. The Labute approximate surface area is 155 Å². The van der Waals surface area contributed by atoms with E-state index in [4.69, 9.17) is 0 Å². The topological polar surface area (TPSA) is 53.5 Å². The van der Waals surface area contributed by atoms with Crippen LogP contribution < -0.4 is 0 Å². The lowest BCUT2D eigenvalue weighted by Crippen LogP contribution is -2.39. The Morgan fingerprint density at radius 2 is 1.96 bits per heavy atom. The van der Waals surface area contributed by atoms with Gasteiger partial charge in [0.05, 0.1) is 4.90 Å². The Kier molecular flexibility index (Phi) is 5.07. The highest BCUT2D eigenvalue weighted by Gasteiger charge is 2.29. The summed E-state index contributed by atoms with van der Waals surface area (Å²) in [5.74, 6) is 0. The van der Waals surface area contributed by atoms with E-state index >= 15 is 0 Å². The van der Waals surface area contributed by atoms with Crippen LogP contribution >= 0.6 is 0 Å². The van der Waals surface area contributed by atoms with Crippen LogP contribution in [0.15, 0.2) is 53.7 Å². The molecule has 1 aliphatic heterocycles. The van der Waals surface area contributed by atoms with E-state index in [0.717, 1.165) is 30.3 Å². The molecule has 6 heteroatoms. The summed E-state index contributed by atoms with van der Waals surface area (Å²) in [7, 11) is -3.51. The summed E-state index contributed by atoms with van der Waals surface area (Å²) >= 11 is 0. The number of fused-ring (bicyclic) bond motifs is 1. The van der Waals surface area contributed by atoms with Crippen molar-refractivity contribution in [1.29, 1.82) is 0 Å². The summed E-state index contributed by atoms with van der Waals surface area (Å²) in [5, 5.41) is 1.61. The molecule has 1 aromatic heterocycles. The van der Waals surface area contributed by atoms with Gasteiger partial charge in [-0.3, -0.25) is 9.88 Å². The Bertz CT molecular complexity index is 905. The maximum Gasteiger partial charge on any atom is 0.243 e. The molecule has 4 rings (SSSR count). The summed E-state index contributed by atoms with van der Waals surface area (Å²) < 4.78 is 28.3. The monoisotopic (exact) mass is 371 g/mol. The molecule has 0 saturated carbocycles. The first-order valence-corrected chi connectivity index (χ1v) is 10.8. The van der Waals surface area contributed by atoms with Gasteiger partial charge >= 0.3 is 0 Å². The first kappa shape index (κ1) is 17.6. The van der Waals surface area contributed by atoms with Gasteiger partial charge in [0.15, 0.2) is 0 Å². The molecular weight excluding hydrogens is 346 g/mol. The van der Waals surface area contributed by atoms with Crippen LogP contribution in [0.25, 0.3) is 10.8 Å². The molecule has 1 atom stereocenters. The second-order valence-electron chi connectivity index (χ2n) is 7.07. The Hall–Kier alpha value is -1.76. The van der Waals surface area contributed by atoms with Gasteiger partial charge in [0, 0.05) is 55.4 Å².